The standard InChI is InChI=1S/C12H16N2OS.C4H9.Li/c1-8-11(16-9(2)13-8)12(3,15)10-6-5-7-14(10)4;1-3-4-2;/h5-7,15H,1-4H3;1,3-4H2,2H3;/q;-1;+1. The number of nitrogens with zero attached hydrogens (tertiary/aromatic N) is 2. The fourth-order valence-corrected chi connectivity index (χ4v) is 3.04. The van der Waals surface area contributed by atoms with E-state index in [1.54, 1.807) is 11.3 Å². The van der Waals surface area contributed by atoms with Crippen molar-refractivity contribution < 1.29 is 24.0 Å². The maximum Gasteiger partial charge on any atom is 1.00 e. The van der Waals surface area contributed by atoms with Crippen LogP contribution >= 0.6 is 11.3 Å². The van der Waals surface area contributed by atoms with Gasteiger partial charge in [-0.05, 0) is 32.9 Å². The van der Waals surface area contributed by atoms with Crippen LogP contribution < -0.4 is 18.9 Å². The smallest absolute Gasteiger partial charge is 0.378 e. The van der Waals surface area contributed by atoms with Crippen molar-refractivity contribution in [1.29, 1.82) is 0 Å². The zero-order valence-corrected chi connectivity index (χ0v) is 14.9. The van der Waals surface area contributed by atoms with Gasteiger partial charge in [0.2, 0.25) is 0 Å². The number of unbranched alkanes of at least 4 members (excludes halogenated alkanes) is 1. The Morgan fingerprint density at radius 2 is 2.00 bits per heavy atom. The predicted molar refractivity (Wildman–Crippen MR) is 85.9 cm³/mol. The summed E-state index contributed by atoms with van der Waals surface area (Å²) < 4.78 is 1.94. The first kappa shape index (κ1) is 20.5. The van der Waals surface area contributed by atoms with Crippen molar-refractivity contribution in [2.24, 2.45) is 7.05 Å². The van der Waals surface area contributed by atoms with Crippen LogP contribution in [0.1, 0.15) is 48.0 Å². The molecule has 3 nitrogen and oxygen atoms in total. The molecule has 0 radical (unpaired) electrons. The van der Waals surface area contributed by atoms with Gasteiger partial charge in [-0.2, -0.15) is 6.42 Å². The topological polar surface area (TPSA) is 38.1 Å². The fourth-order valence-electron chi connectivity index (χ4n) is 2.07. The summed E-state index contributed by atoms with van der Waals surface area (Å²) in [5, 5.41) is 11.7. The predicted octanol–water partition coefficient (Wildman–Crippen LogP) is 0.979. The molecule has 1 atom stereocenters. The molecule has 0 aliphatic rings. The summed E-state index contributed by atoms with van der Waals surface area (Å²) in [5.74, 6) is 0. The van der Waals surface area contributed by atoms with Crippen LogP contribution in [0.5, 0.6) is 0 Å². The summed E-state index contributed by atoms with van der Waals surface area (Å²) in [7, 11) is 1.94. The van der Waals surface area contributed by atoms with Crippen molar-refractivity contribution in [1.82, 2.24) is 9.55 Å². The van der Waals surface area contributed by atoms with Crippen LogP contribution in [-0.4, -0.2) is 14.7 Å². The molecular weight excluding hydrogens is 275 g/mol. The fraction of sp³-hybridized carbons (Fsp3) is 0.500. The van der Waals surface area contributed by atoms with Gasteiger partial charge in [0.15, 0.2) is 0 Å². The number of thiazole rings is 1. The summed E-state index contributed by atoms with van der Waals surface area (Å²) >= 11 is 1.55. The van der Waals surface area contributed by atoms with E-state index in [-0.39, 0.29) is 18.9 Å². The van der Waals surface area contributed by atoms with Gasteiger partial charge < -0.3 is 16.6 Å². The molecule has 2 aromatic heterocycles. The number of aryl methyl sites for hydroxylation is 3. The zero-order valence-electron chi connectivity index (χ0n) is 14.1. The van der Waals surface area contributed by atoms with Crippen molar-refractivity contribution in [2.75, 3.05) is 0 Å². The molecule has 0 amide bonds. The van der Waals surface area contributed by atoms with Crippen LogP contribution in [0.15, 0.2) is 18.3 Å². The van der Waals surface area contributed by atoms with Gasteiger partial charge >= 0.3 is 18.9 Å². The van der Waals surface area contributed by atoms with Gasteiger partial charge in [-0.25, -0.2) is 4.98 Å². The van der Waals surface area contributed by atoms with E-state index in [0.717, 1.165) is 27.7 Å². The van der Waals surface area contributed by atoms with Gasteiger partial charge in [-0.15, -0.1) is 11.3 Å². The quantitative estimate of drug-likeness (QED) is 0.678. The first-order valence-electron chi connectivity index (χ1n) is 6.92. The van der Waals surface area contributed by atoms with Crippen LogP contribution in [0.3, 0.4) is 0 Å². The maximum absolute atomic E-state index is 10.7. The van der Waals surface area contributed by atoms with Crippen molar-refractivity contribution in [2.45, 2.75) is 46.1 Å². The first-order chi connectivity index (χ1) is 9.34. The molecule has 2 rings (SSSR count). The van der Waals surface area contributed by atoms with Crippen LogP contribution in [0.4, 0.5) is 0 Å². The second-order valence-electron chi connectivity index (χ2n) is 5.08. The van der Waals surface area contributed by atoms with Crippen LogP contribution in [-0.2, 0) is 12.6 Å². The zero-order chi connectivity index (χ0) is 15.3. The SMILES string of the molecule is Cc1nc(C)c(C(C)(O)c2cccn2C)s1.[CH2-]CCC.[Li+]. The molecular formula is C16H25LiN2OS. The molecule has 1 N–H and O–H groups in total. The number of aromatic nitrogens is 2. The van der Waals surface area contributed by atoms with E-state index in [9.17, 15) is 5.11 Å². The Balaban J connectivity index is 0.000000715. The largest absolute Gasteiger partial charge is 1.00 e. The van der Waals surface area contributed by atoms with E-state index < -0.39 is 5.60 Å². The van der Waals surface area contributed by atoms with E-state index in [2.05, 4.69) is 18.8 Å². The monoisotopic (exact) mass is 300 g/mol. The van der Waals surface area contributed by atoms with Gasteiger partial charge in [0, 0.05) is 13.2 Å². The minimum Gasteiger partial charge on any atom is -0.378 e. The Bertz CT molecular complexity index is 544. The molecule has 2 aromatic rings. The van der Waals surface area contributed by atoms with E-state index in [4.69, 9.17) is 0 Å². The van der Waals surface area contributed by atoms with Crippen LogP contribution in [0.25, 0.3) is 0 Å². The molecule has 0 aromatic carbocycles. The van der Waals surface area contributed by atoms with Gasteiger partial charge in [0.25, 0.3) is 0 Å². The van der Waals surface area contributed by atoms with Gasteiger partial charge in [0.05, 0.1) is 21.3 Å². The Labute approximate surface area is 144 Å². The summed E-state index contributed by atoms with van der Waals surface area (Å²) in [6.45, 7) is 11.4. The Hall–Kier alpha value is -0.533. The molecule has 1 unspecified atom stereocenters. The average Bonchev–Trinajstić information content (AvgIpc) is 2.96. The van der Waals surface area contributed by atoms with Gasteiger partial charge in [0.1, 0.15) is 5.60 Å². The Morgan fingerprint density at radius 1 is 1.43 bits per heavy atom. The molecule has 2 heterocycles. The molecule has 0 spiro atoms. The average molecular weight is 300 g/mol. The van der Waals surface area contributed by atoms with E-state index in [1.165, 1.54) is 6.42 Å². The normalized spacial score (nSPS) is 12.9. The second kappa shape index (κ2) is 8.80. The van der Waals surface area contributed by atoms with Crippen molar-refractivity contribution in [3.8, 4) is 0 Å². The Kier molecular flexibility index (Phi) is 8.58. The maximum atomic E-state index is 10.7. The molecule has 0 fully saturated rings. The Morgan fingerprint density at radius 3 is 2.33 bits per heavy atom. The van der Waals surface area contributed by atoms with E-state index in [0.29, 0.717) is 0 Å². The summed E-state index contributed by atoms with van der Waals surface area (Å²) in [4.78, 5) is 5.29. The minimum absolute atomic E-state index is 0. The molecule has 0 bridgehead atoms. The molecule has 112 valence electrons. The van der Waals surface area contributed by atoms with Crippen molar-refractivity contribution in [3.63, 3.8) is 0 Å². The summed E-state index contributed by atoms with van der Waals surface area (Å²) in [6, 6.07) is 3.88. The van der Waals surface area contributed by atoms with Crippen LogP contribution in [0, 0.1) is 20.8 Å². The molecule has 0 aliphatic heterocycles. The molecule has 0 aliphatic carbocycles. The molecule has 0 saturated heterocycles. The molecule has 5 heteroatoms. The molecule has 21 heavy (non-hydrogen) atoms. The summed E-state index contributed by atoms with van der Waals surface area (Å²) in [6.07, 6.45) is 4.22. The third-order valence-corrected chi connectivity index (χ3v) is 4.43. The third-order valence-electron chi connectivity index (χ3n) is 3.14. The number of hydrogen-bond acceptors (Lipinski definition) is 3. The van der Waals surface area contributed by atoms with Crippen molar-refractivity contribution >= 4 is 11.3 Å². The first-order valence-corrected chi connectivity index (χ1v) is 7.74. The minimum atomic E-state index is -0.964. The van der Waals surface area contributed by atoms with Gasteiger partial charge in [-0.3, -0.25) is 0 Å². The summed E-state index contributed by atoms with van der Waals surface area (Å²) in [5.41, 5.74) is 0.835. The third kappa shape index (κ3) is 5.00. The number of rotatable bonds is 3. The molecule has 0 saturated carbocycles. The van der Waals surface area contributed by atoms with E-state index >= 15 is 0 Å². The van der Waals surface area contributed by atoms with Gasteiger partial charge in [-0.1, -0.05) is 13.3 Å². The van der Waals surface area contributed by atoms with Crippen molar-refractivity contribution in [3.05, 3.63) is 46.5 Å². The number of aliphatic hydroxyl groups is 1. The second-order valence-corrected chi connectivity index (χ2v) is 6.28. The van der Waals surface area contributed by atoms with Crippen LogP contribution in [0.2, 0.25) is 0 Å². The van der Waals surface area contributed by atoms with E-state index in [1.807, 2.05) is 50.7 Å². The number of hydrogen-bond donors (Lipinski definition) is 1.